The molecule has 4 N–H and O–H groups in total. The molecule has 0 spiro atoms. The van der Waals surface area contributed by atoms with Crippen molar-refractivity contribution in [2.45, 2.75) is 6.92 Å². The summed E-state index contributed by atoms with van der Waals surface area (Å²) >= 11 is 0. The highest BCUT2D eigenvalue weighted by Gasteiger charge is 1.75. The number of hydrogen-bond donors (Lipinski definition) is 3. The summed E-state index contributed by atoms with van der Waals surface area (Å²) in [5.41, 5.74) is 5.97. The first-order valence-electron chi connectivity index (χ1n) is 2.54. The number of aliphatic hydroxyl groups is 1. The molecule has 0 fully saturated rings. The second-order valence-electron chi connectivity index (χ2n) is 1.57. The molecule has 0 rings (SSSR count). The summed E-state index contributed by atoms with van der Waals surface area (Å²) in [6, 6.07) is 0. The molecule has 0 aliphatic carbocycles. The lowest BCUT2D eigenvalue weighted by Gasteiger charge is -1.94. The second kappa shape index (κ2) is 4.46. The van der Waals surface area contributed by atoms with Crippen molar-refractivity contribution < 1.29 is 5.11 Å². The van der Waals surface area contributed by atoms with Gasteiger partial charge in [0, 0.05) is 18.4 Å². The van der Waals surface area contributed by atoms with Gasteiger partial charge in [0.15, 0.2) is 0 Å². The molecule has 0 aliphatic heterocycles. The number of nitrogens with one attached hydrogen (secondary N) is 1. The molecule has 0 saturated heterocycles. The molecular formula is C5H12N2O. The van der Waals surface area contributed by atoms with Crippen LogP contribution in [0.25, 0.3) is 0 Å². The number of hydrogen-bond acceptors (Lipinski definition) is 3. The fraction of sp³-hybridized carbons (Fsp3) is 0.600. The predicted octanol–water partition coefficient (Wildman–Crippen LogP) is -0.612. The molecule has 0 bridgehead atoms. The third-order valence-corrected chi connectivity index (χ3v) is 0.586. The van der Waals surface area contributed by atoms with Crippen LogP contribution in [0.1, 0.15) is 6.92 Å². The van der Waals surface area contributed by atoms with Crippen LogP contribution in [0.5, 0.6) is 0 Å². The minimum Gasteiger partial charge on any atom is -0.401 e. The Morgan fingerprint density at radius 3 is 2.88 bits per heavy atom. The van der Waals surface area contributed by atoms with Crippen molar-refractivity contribution in [2.75, 3.05) is 13.2 Å². The van der Waals surface area contributed by atoms with E-state index in [9.17, 15) is 0 Å². The van der Waals surface area contributed by atoms with Gasteiger partial charge in [-0.05, 0) is 6.92 Å². The number of nitrogens with two attached hydrogens (primary N) is 1. The van der Waals surface area contributed by atoms with E-state index in [2.05, 4.69) is 5.32 Å². The summed E-state index contributed by atoms with van der Waals surface area (Å²) in [4.78, 5) is 0. The zero-order chi connectivity index (χ0) is 6.41. The Labute approximate surface area is 49.2 Å². The van der Waals surface area contributed by atoms with E-state index in [0.717, 1.165) is 5.70 Å². The highest BCUT2D eigenvalue weighted by molar-refractivity contribution is 4.88. The predicted molar refractivity (Wildman–Crippen MR) is 33.0 cm³/mol. The Kier molecular flexibility index (Phi) is 4.07. The molecule has 48 valence electrons. The molecule has 0 atom stereocenters. The van der Waals surface area contributed by atoms with Gasteiger partial charge in [0.05, 0.1) is 6.61 Å². The molecule has 0 saturated carbocycles. The number of rotatable bonds is 3. The van der Waals surface area contributed by atoms with Gasteiger partial charge in [0.2, 0.25) is 0 Å². The first-order valence-corrected chi connectivity index (χ1v) is 2.54. The third-order valence-electron chi connectivity index (χ3n) is 0.586. The Morgan fingerprint density at radius 1 is 1.88 bits per heavy atom. The van der Waals surface area contributed by atoms with E-state index in [1.165, 1.54) is 0 Å². The van der Waals surface area contributed by atoms with Crippen molar-refractivity contribution in [1.29, 1.82) is 0 Å². The van der Waals surface area contributed by atoms with Gasteiger partial charge in [0.1, 0.15) is 0 Å². The number of allylic oxidation sites excluding steroid dienone is 1. The first kappa shape index (κ1) is 7.30. The summed E-state index contributed by atoms with van der Waals surface area (Å²) in [7, 11) is 0. The van der Waals surface area contributed by atoms with Crippen molar-refractivity contribution >= 4 is 0 Å². The van der Waals surface area contributed by atoms with Gasteiger partial charge in [-0.25, -0.2) is 0 Å². The molecule has 0 amide bonds. The molecule has 0 aromatic heterocycles. The Bertz CT molecular complexity index is 76.5. The summed E-state index contributed by atoms with van der Waals surface area (Å²) in [5, 5.41) is 11.0. The van der Waals surface area contributed by atoms with Crippen LogP contribution in [-0.4, -0.2) is 18.3 Å². The van der Waals surface area contributed by atoms with E-state index < -0.39 is 0 Å². The van der Waals surface area contributed by atoms with E-state index >= 15 is 0 Å². The van der Waals surface area contributed by atoms with Gasteiger partial charge in [-0.3, -0.25) is 0 Å². The lowest BCUT2D eigenvalue weighted by molar-refractivity contribution is 0.298. The zero-order valence-corrected chi connectivity index (χ0v) is 5.02. The highest BCUT2D eigenvalue weighted by atomic mass is 16.3. The van der Waals surface area contributed by atoms with Crippen molar-refractivity contribution in [3.63, 3.8) is 0 Å². The van der Waals surface area contributed by atoms with E-state index in [4.69, 9.17) is 10.8 Å². The van der Waals surface area contributed by atoms with E-state index in [0.29, 0.717) is 6.54 Å². The minimum absolute atomic E-state index is 0.143. The molecule has 3 heteroatoms. The third kappa shape index (κ3) is 5.30. The first-order chi connectivity index (χ1) is 3.77. The van der Waals surface area contributed by atoms with Gasteiger partial charge in [-0.1, -0.05) is 0 Å². The maximum absolute atomic E-state index is 8.25. The monoisotopic (exact) mass is 116 g/mol. The zero-order valence-electron chi connectivity index (χ0n) is 5.02. The summed E-state index contributed by atoms with van der Waals surface area (Å²) < 4.78 is 0. The standard InChI is InChI=1S/C5H12N2O/c1-5(6)4-7-2-3-8/h4,7-8H,2-3,6H2,1H3/b5-4+. The van der Waals surface area contributed by atoms with Crippen LogP contribution in [0, 0.1) is 0 Å². The normalized spacial score (nSPS) is 11.5. The lowest BCUT2D eigenvalue weighted by Crippen LogP contribution is -2.12. The maximum Gasteiger partial charge on any atom is 0.0603 e. The average molecular weight is 116 g/mol. The SMILES string of the molecule is C/C(N)=C\NCCO. The van der Waals surface area contributed by atoms with Crippen LogP contribution in [0.2, 0.25) is 0 Å². The van der Waals surface area contributed by atoms with Crippen LogP contribution in [0.3, 0.4) is 0 Å². The summed E-state index contributed by atoms with van der Waals surface area (Å²) in [6.45, 7) is 2.49. The van der Waals surface area contributed by atoms with Crippen molar-refractivity contribution in [2.24, 2.45) is 5.73 Å². The molecular weight excluding hydrogens is 104 g/mol. The van der Waals surface area contributed by atoms with Crippen LogP contribution in [-0.2, 0) is 0 Å². The molecule has 0 aromatic carbocycles. The minimum atomic E-state index is 0.143. The molecule has 0 radical (unpaired) electrons. The lowest BCUT2D eigenvalue weighted by atomic mass is 10.5. The van der Waals surface area contributed by atoms with Gasteiger partial charge >= 0.3 is 0 Å². The molecule has 0 aromatic rings. The highest BCUT2D eigenvalue weighted by Crippen LogP contribution is 1.71. The molecule has 0 aliphatic rings. The van der Waals surface area contributed by atoms with Crippen LogP contribution >= 0.6 is 0 Å². The van der Waals surface area contributed by atoms with E-state index in [1.807, 2.05) is 0 Å². The van der Waals surface area contributed by atoms with Gasteiger partial charge in [-0.2, -0.15) is 0 Å². The van der Waals surface area contributed by atoms with Gasteiger partial charge < -0.3 is 16.2 Å². The van der Waals surface area contributed by atoms with E-state index in [-0.39, 0.29) is 6.61 Å². The smallest absolute Gasteiger partial charge is 0.0603 e. The Morgan fingerprint density at radius 2 is 2.50 bits per heavy atom. The molecule has 8 heavy (non-hydrogen) atoms. The van der Waals surface area contributed by atoms with E-state index in [1.54, 1.807) is 13.1 Å². The van der Waals surface area contributed by atoms with Gasteiger partial charge in [0.25, 0.3) is 0 Å². The number of aliphatic hydroxyl groups excluding tert-OH is 1. The fourth-order valence-electron chi connectivity index (χ4n) is 0.298. The van der Waals surface area contributed by atoms with Gasteiger partial charge in [-0.15, -0.1) is 0 Å². The van der Waals surface area contributed by atoms with Crippen molar-refractivity contribution in [1.82, 2.24) is 5.32 Å². The van der Waals surface area contributed by atoms with Crippen molar-refractivity contribution in [3.05, 3.63) is 11.9 Å². The Hall–Kier alpha value is -0.700. The van der Waals surface area contributed by atoms with Crippen LogP contribution < -0.4 is 11.1 Å². The van der Waals surface area contributed by atoms with Crippen LogP contribution in [0.4, 0.5) is 0 Å². The quantitative estimate of drug-likeness (QED) is 0.431. The summed E-state index contributed by atoms with van der Waals surface area (Å²) in [6.07, 6.45) is 1.66. The molecule has 0 unspecified atom stereocenters. The average Bonchev–Trinajstić information content (AvgIpc) is 1.66. The maximum atomic E-state index is 8.25. The fourth-order valence-corrected chi connectivity index (χ4v) is 0.298. The largest absolute Gasteiger partial charge is 0.401 e. The van der Waals surface area contributed by atoms with Crippen LogP contribution in [0.15, 0.2) is 11.9 Å². The van der Waals surface area contributed by atoms with Crippen molar-refractivity contribution in [3.8, 4) is 0 Å². The molecule has 0 heterocycles. The topological polar surface area (TPSA) is 58.3 Å². The second-order valence-corrected chi connectivity index (χ2v) is 1.57. The Balaban J connectivity index is 3.03. The summed E-state index contributed by atoms with van der Waals surface area (Å²) in [5.74, 6) is 0. The molecule has 3 nitrogen and oxygen atoms in total.